The van der Waals surface area contributed by atoms with Crippen LogP contribution in [0.3, 0.4) is 0 Å². The molecule has 1 aliphatic rings. The molecule has 0 bridgehead atoms. The van der Waals surface area contributed by atoms with E-state index in [9.17, 15) is 15.1 Å². The molecule has 0 unspecified atom stereocenters. The van der Waals surface area contributed by atoms with E-state index in [0.717, 1.165) is 5.56 Å². The molecule has 1 aliphatic heterocycles. The van der Waals surface area contributed by atoms with Gasteiger partial charge in [-0.05, 0) is 43.2 Å². The van der Waals surface area contributed by atoms with Gasteiger partial charge >= 0.3 is 11.9 Å². The van der Waals surface area contributed by atoms with Crippen molar-refractivity contribution in [3.8, 4) is 0 Å². The summed E-state index contributed by atoms with van der Waals surface area (Å²) in [6.45, 7) is 4.68. The van der Waals surface area contributed by atoms with E-state index >= 15 is 0 Å². The molecule has 0 N–H and O–H groups in total. The predicted octanol–water partition coefficient (Wildman–Crippen LogP) is 5.53. The summed E-state index contributed by atoms with van der Waals surface area (Å²) in [6, 6.07) is 9.36. The van der Waals surface area contributed by atoms with Crippen LogP contribution in [0.5, 0.6) is 0 Å². The topological polar surface area (TPSA) is 120 Å². The Morgan fingerprint density at radius 3 is 2.64 bits per heavy atom. The molecule has 9 nitrogen and oxygen atoms in total. The Balaban J connectivity index is 2.03. The highest BCUT2D eigenvalue weighted by Crippen LogP contribution is 2.42. The number of benzene rings is 1. The largest absolute Gasteiger partial charge is 0.469 e. The molecule has 0 saturated carbocycles. The minimum Gasteiger partial charge on any atom is -0.469 e. The molecule has 0 radical (unpaired) electrons. The van der Waals surface area contributed by atoms with E-state index in [1.807, 2.05) is 49.4 Å². The van der Waals surface area contributed by atoms with Gasteiger partial charge in [-0.15, -0.1) is 0 Å². The Morgan fingerprint density at radius 2 is 2.03 bits per heavy atom. The molecule has 2 rings (SSSR count). The van der Waals surface area contributed by atoms with Crippen LogP contribution >= 0.6 is 0 Å². The standard InChI is InChI=1S/C27H39N3O6/c1-20(25(31)34-4)12-7-5-10-15-23(29-30-28)27(18-21(2)26(32)36-27)24(33-3)16-11-17-35-19-22-13-8-6-9-14-22/h5-9,13-14,20-21,23-24H,10-12,15-19H2,1-4H3/b7-5-/t20-,21+,23-,24+,27-/m0/s1. The van der Waals surface area contributed by atoms with Gasteiger partial charge in [0.05, 0.1) is 37.7 Å². The van der Waals surface area contributed by atoms with Crippen molar-refractivity contribution >= 4 is 11.9 Å². The normalized spacial score (nSPS) is 22.0. The maximum absolute atomic E-state index is 12.5. The van der Waals surface area contributed by atoms with E-state index in [1.54, 1.807) is 14.0 Å². The average molecular weight is 502 g/mol. The zero-order valence-corrected chi connectivity index (χ0v) is 21.8. The van der Waals surface area contributed by atoms with Crippen molar-refractivity contribution in [2.24, 2.45) is 17.0 Å². The van der Waals surface area contributed by atoms with Crippen molar-refractivity contribution < 1.29 is 28.5 Å². The van der Waals surface area contributed by atoms with Crippen LogP contribution in [-0.4, -0.2) is 50.5 Å². The number of esters is 2. The van der Waals surface area contributed by atoms with Crippen molar-refractivity contribution in [1.29, 1.82) is 0 Å². The van der Waals surface area contributed by atoms with Crippen molar-refractivity contribution in [3.05, 3.63) is 58.5 Å². The van der Waals surface area contributed by atoms with Crippen LogP contribution in [0.1, 0.15) is 57.9 Å². The molecule has 0 amide bonds. The fourth-order valence-electron chi connectivity index (χ4n) is 4.64. The van der Waals surface area contributed by atoms with Gasteiger partial charge in [-0.25, -0.2) is 0 Å². The summed E-state index contributed by atoms with van der Waals surface area (Å²) in [7, 11) is 2.97. The summed E-state index contributed by atoms with van der Waals surface area (Å²) in [5.74, 6) is -1.11. The lowest BCUT2D eigenvalue weighted by molar-refractivity contribution is -0.167. The molecule has 0 spiro atoms. The molecular formula is C27H39N3O6. The second-order valence-corrected chi connectivity index (χ2v) is 9.32. The highest BCUT2D eigenvalue weighted by atomic mass is 16.6. The summed E-state index contributed by atoms with van der Waals surface area (Å²) in [6.07, 6.45) is 6.78. The van der Waals surface area contributed by atoms with E-state index in [-0.39, 0.29) is 23.8 Å². The lowest BCUT2D eigenvalue weighted by Gasteiger charge is -2.39. The van der Waals surface area contributed by atoms with E-state index in [1.165, 1.54) is 7.11 Å². The Hall–Kier alpha value is -2.87. The first-order chi connectivity index (χ1) is 17.4. The number of carbonyl (C=O) groups excluding carboxylic acids is 2. The van der Waals surface area contributed by atoms with Crippen molar-refractivity contribution in [2.75, 3.05) is 20.8 Å². The van der Waals surface area contributed by atoms with Gasteiger partial charge in [-0.1, -0.05) is 61.4 Å². The third-order valence-corrected chi connectivity index (χ3v) is 6.64. The molecule has 0 aliphatic carbocycles. The second kappa shape index (κ2) is 15.3. The fraction of sp³-hybridized carbons (Fsp3) is 0.630. The number of carbonyl (C=O) groups is 2. The monoisotopic (exact) mass is 501 g/mol. The molecular weight excluding hydrogens is 462 g/mol. The highest BCUT2D eigenvalue weighted by molar-refractivity contribution is 5.75. The molecule has 1 fully saturated rings. The third-order valence-electron chi connectivity index (χ3n) is 6.64. The van der Waals surface area contributed by atoms with Gasteiger partial charge in [-0.3, -0.25) is 9.59 Å². The van der Waals surface area contributed by atoms with Crippen molar-refractivity contribution in [1.82, 2.24) is 0 Å². The van der Waals surface area contributed by atoms with Gasteiger partial charge in [-0.2, -0.15) is 0 Å². The molecule has 9 heteroatoms. The Labute approximate surface area is 213 Å². The summed E-state index contributed by atoms with van der Waals surface area (Å²) in [4.78, 5) is 27.1. The first kappa shape index (κ1) is 29.4. The average Bonchev–Trinajstić information content (AvgIpc) is 3.19. The van der Waals surface area contributed by atoms with E-state index < -0.39 is 17.7 Å². The molecule has 36 heavy (non-hydrogen) atoms. The number of cyclic esters (lactones) is 1. The quantitative estimate of drug-likeness (QED) is 0.0733. The van der Waals surface area contributed by atoms with Crippen LogP contribution in [0.15, 0.2) is 47.6 Å². The Morgan fingerprint density at radius 1 is 1.28 bits per heavy atom. The SMILES string of the molecule is COC(=O)[C@@H](C)C/C=C\CC[C@H](N=[N+]=[N-])[C@]1([C@@H](CCCOCc2ccccc2)OC)C[C@@H](C)C(=O)O1. The second-order valence-electron chi connectivity index (χ2n) is 9.32. The molecule has 1 aromatic rings. The third kappa shape index (κ3) is 8.36. The summed E-state index contributed by atoms with van der Waals surface area (Å²) in [5.41, 5.74) is 9.37. The summed E-state index contributed by atoms with van der Waals surface area (Å²) >= 11 is 0. The molecule has 1 aromatic carbocycles. The number of hydrogen-bond donors (Lipinski definition) is 0. The van der Waals surface area contributed by atoms with Crippen molar-refractivity contribution in [3.63, 3.8) is 0 Å². The van der Waals surface area contributed by atoms with E-state index in [2.05, 4.69) is 10.0 Å². The van der Waals surface area contributed by atoms with E-state index in [4.69, 9.17) is 18.9 Å². The van der Waals surface area contributed by atoms with Crippen molar-refractivity contribution in [2.45, 2.75) is 76.7 Å². The minimum absolute atomic E-state index is 0.232. The summed E-state index contributed by atoms with van der Waals surface area (Å²) < 4.78 is 22.3. The number of rotatable bonds is 16. The number of allylic oxidation sites excluding steroid dienone is 2. The van der Waals surface area contributed by atoms with Crippen LogP contribution in [0.2, 0.25) is 0 Å². The predicted molar refractivity (Wildman–Crippen MR) is 136 cm³/mol. The number of azide groups is 1. The van der Waals surface area contributed by atoms with Gasteiger partial charge < -0.3 is 18.9 Å². The minimum atomic E-state index is -1.04. The maximum Gasteiger partial charge on any atom is 0.309 e. The van der Waals surface area contributed by atoms with Gasteiger partial charge in [0.2, 0.25) is 0 Å². The van der Waals surface area contributed by atoms with Crippen LogP contribution in [0.25, 0.3) is 10.4 Å². The molecule has 0 aromatic heterocycles. The smallest absolute Gasteiger partial charge is 0.309 e. The number of hydrogen-bond acceptors (Lipinski definition) is 7. The van der Waals surface area contributed by atoms with Gasteiger partial charge in [0.25, 0.3) is 0 Å². The molecule has 1 saturated heterocycles. The van der Waals surface area contributed by atoms with Crippen LogP contribution < -0.4 is 0 Å². The maximum atomic E-state index is 12.5. The Kier molecular flexibility index (Phi) is 12.5. The number of methoxy groups -OCH3 is 2. The molecule has 198 valence electrons. The molecule has 5 atom stereocenters. The van der Waals surface area contributed by atoms with Crippen LogP contribution in [0.4, 0.5) is 0 Å². The molecule has 1 heterocycles. The number of nitrogens with zero attached hydrogens (tertiary/aromatic N) is 3. The summed E-state index contributed by atoms with van der Waals surface area (Å²) in [5, 5.41) is 4.06. The zero-order valence-electron chi connectivity index (χ0n) is 21.8. The van der Waals surface area contributed by atoms with E-state index in [0.29, 0.717) is 51.7 Å². The van der Waals surface area contributed by atoms with Crippen LogP contribution in [-0.2, 0) is 35.1 Å². The fourth-order valence-corrected chi connectivity index (χ4v) is 4.64. The lowest BCUT2D eigenvalue weighted by Crippen LogP contribution is -2.52. The first-order valence-electron chi connectivity index (χ1n) is 12.5. The number of ether oxygens (including phenoxy) is 4. The van der Waals surface area contributed by atoms with Crippen LogP contribution in [0, 0.1) is 11.8 Å². The van der Waals surface area contributed by atoms with Gasteiger partial charge in [0, 0.05) is 25.0 Å². The van der Waals surface area contributed by atoms with Gasteiger partial charge in [0.1, 0.15) is 5.60 Å². The zero-order chi connectivity index (χ0) is 26.4. The lowest BCUT2D eigenvalue weighted by atomic mass is 9.79. The van der Waals surface area contributed by atoms with Gasteiger partial charge in [0.15, 0.2) is 0 Å². The Bertz CT molecular complexity index is 902. The highest BCUT2D eigenvalue weighted by Gasteiger charge is 2.55. The first-order valence-corrected chi connectivity index (χ1v) is 12.5.